The van der Waals surface area contributed by atoms with Crippen molar-refractivity contribution in [3.05, 3.63) is 57.0 Å². The van der Waals surface area contributed by atoms with Gasteiger partial charge in [-0.15, -0.1) is 23.1 Å². The van der Waals surface area contributed by atoms with Crippen LogP contribution in [0.3, 0.4) is 0 Å². The Bertz CT molecular complexity index is 824. The van der Waals surface area contributed by atoms with Crippen molar-refractivity contribution < 1.29 is 9.72 Å². The highest BCUT2D eigenvalue weighted by atomic mass is 32.2. The van der Waals surface area contributed by atoms with E-state index < -0.39 is 0 Å². The number of non-ortho nitro benzene ring substituents is 1. The number of thioether (sulfide) groups is 1. The molecular weight excluding hydrogens is 368 g/mol. The summed E-state index contributed by atoms with van der Waals surface area (Å²) in [5.74, 6) is 0.305. The zero-order valence-electron chi connectivity index (χ0n) is 14.3. The minimum Gasteiger partial charge on any atom is -0.303 e. The number of fused-ring (bicyclic) bond motifs is 1. The Kier molecular flexibility index (Phi) is 4.86. The Morgan fingerprint density at radius 1 is 1.15 bits per heavy atom. The predicted octanol–water partition coefficient (Wildman–Crippen LogP) is 4.41. The number of carbonyl (C=O) groups is 1. The molecule has 136 valence electrons. The standard InChI is InChI=1S/C19H20N2O3S2/c22-17-13-19(26-18-16(17)6-12-25-18)7-10-20(11-8-19)9-5-14-1-3-15(4-2-14)21(23)24/h1-4,6,12H,5,7-11,13H2. The molecule has 0 bridgehead atoms. The number of nitrogens with zero attached hydrogens (tertiary/aromatic N) is 2. The lowest BCUT2D eigenvalue weighted by Gasteiger charge is -2.42. The molecule has 7 heteroatoms. The van der Waals surface area contributed by atoms with Crippen molar-refractivity contribution in [2.75, 3.05) is 19.6 Å². The molecule has 2 aliphatic rings. The number of carbonyl (C=O) groups excluding carboxylic acids is 1. The number of ketones is 1. The van der Waals surface area contributed by atoms with Gasteiger partial charge in [0, 0.05) is 35.4 Å². The SMILES string of the molecule is O=C1CC2(CCN(CCc3ccc([N+](=O)[O-])cc3)CC2)Sc2sccc21. The Hall–Kier alpha value is -1.70. The van der Waals surface area contributed by atoms with Crippen LogP contribution >= 0.6 is 23.1 Å². The van der Waals surface area contributed by atoms with E-state index in [-0.39, 0.29) is 15.4 Å². The van der Waals surface area contributed by atoms with Crippen LogP contribution in [0.5, 0.6) is 0 Å². The minimum atomic E-state index is -0.365. The molecule has 5 nitrogen and oxygen atoms in total. The van der Waals surface area contributed by atoms with Crippen molar-refractivity contribution >= 4 is 34.6 Å². The van der Waals surface area contributed by atoms with Gasteiger partial charge in [-0.25, -0.2) is 0 Å². The second kappa shape index (κ2) is 7.13. The molecule has 3 heterocycles. The predicted molar refractivity (Wildman–Crippen MR) is 104 cm³/mol. The highest BCUT2D eigenvalue weighted by molar-refractivity contribution is 8.02. The van der Waals surface area contributed by atoms with E-state index in [1.807, 2.05) is 35.3 Å². The summed E-state index contributed by atoms with van der Waals surface area (Å²) in [6.45, 7) is 2.97. The van der Waals surface area contributed by atoms with Crippen LogP contribution < -0.4 is 0 Å². The number of benzene rings is 1. The number of Topliss-reactive ketones (excluding diaryl/α,β-unsaturated/α-hetero) is 1. The number of nitro benzene ring substituents is 1. The van der Waals surface area contributed by atoms with Gasteiger partial charge in [0.15, 0.2) is 5.78 Å². The van der Waals surface area contributed by atoms with E-state index in [2.05, 4.69) is 4.90 Å². The molecule has 0 radical (unpaired) electrons. The van der Waals surface area contributed by atoms with Crippen LogP contribution in [0.2, 0.25) is 0 Å². The maximum Gasteiger partial charge on any atom is 0.269 e. The summed E-state index contributed by atoms with van der Waals surface area (Å²) in [6, 6.07) is 8.80. The third kappa shape index (κ3) is 3.56. The quantitative estimate of drug-likeness (QED) is 0.573. The molecule has 1 aromatic carbocycles. The zero-order valence-corrected chi connectivity index (χ0v) is 16.0. The van der Waals surface area contributed by atoms with Crippen LogP contribution in [0.4, 0.5) is 5.69 Å². The van der Waals surface area contributed by atoms with Crippen molar-refractivity contribution in [3.8, 4) is 0 Å². The molecule has 1 spiro atoms. The molecule has 0 N–H and O–H groups in total. The largest absolute Gasteiger partial charge is 0.303 e. The average molecular weight is 389 g/mol. The number of hydrogen-bond donors (Lipinski definition) is 0. The van der Waals surface area contributed by atoms with Gasteiger partial charge in [0.1, 0.15) is 0 Å². The van der Waals surface area contributed by atoms with Crippen molar-refractivity contribution in [3.63, 3.8) is 0 Å². The first-order valence-electron chi connectivity index (χ1n) is 8.80. The molecule has 1 aromatic heterocycles. The molecule has 0 unspecified atom stereocenters. The lowest BCUT2D eigenvalue weighted by molar-refractivity contribution is -0.384. The van der Waals surface area contributed by atoms with Crippen LogP contribution in [-0.2, 0) is 6.42 Å². The van der Waals surface area contributed by atoms with Gasteiger partial charge in [-0.3, -0.25) is 14.9 Å². The van der Waals surface area contributed by atoms with Gasteiger partial charge in [-0.05, 0) is 49.4 Å². The number of nitro groups is 1. The normalized spacial score (nSPS) is 19.5. The first-order chi connectivity index (χ1) is 12.5. The number of hydrogen-bond acceptors (Lipinski definition) is 6. The fraction of sp³-hybridized carbons (Fsp3) is 0.421. The monoisotopic (exact) mass is 388 g/mol. The fourth-order valence-electron chi connectivity index (χ4n) is 3.74. The van der Waals surface area contributed by atoms with E-state index in [1.54, 1.807) is 23.5 Å². The topological polar surface area (TPSA) is 63.5 Å². The Morgan fingerprint density at radius 3 is 2.58 bits per heavy atom. The third-order valence-corrected chi connectivity index (χ3v) is 7.99. The second-order valence-electron chi connectivity index (χ2n) is 7.02. The number of piperidine rings is 1. The average Bonchev–Trinajstić information content (AvgIpc) is 3.10. The Balaban J connectivity index is 1.31. The van der Waals surface area contributed by atoms with E-state index in [0.717, 1.165) is 50.0 Å². The minimum absolute atomic E-state index is 0.0821. The summed E-state index contributed by atoms with van der Waals surface area (Å²) >= 11 is 3.61. The molecule has 0 aliphatic carbocycles. The molecule has 4 rings (SSSR count). The van der Waals surface area contributed by atoms with Crippen molar-refractivity contribution in [1.29, 1.82) is 0 Å². The van der Waals surface area contributed by atoms with Crippen molar-refractivity contribution in [1.82, 2.24) is 4.90 Å². The highest BCUT2D eigenvalue weighted by Crippen LogP contribution is 2.50. The van der Waals surface area contributed by atoms with Crippen molar-refractivity contribution in [2.45, 2.75) is 34.6 Å². The molecule has 1 saturated heterocycles. The zero-order chi connectivity index (χ0) is 18.1. The number of rotatable bonds is 4. The fourth-order valence-corrected chi connectivity index (χ4v) is 6.54. The van der Waals surface area contributed by atoms with Gasteiger partial charge in [-0.1, -0.05) is 12.1 Å². The van der Waals surface area contributed by atoms with Crippen LogP contribution in [0.25, 0.3) is 0 Å². The lowest BCUT2D eigenvalue weighted by Crippen LogP contribution is -2.45. The maximum atomic E-state index is 12.4. The van der Waals surface area contributed by atoms with Crippen LogP contribution in [-0.4, -0.2) is 40.0 Å². The smallest absolute Gasteiger partial charge is 0.269 e. The van der Waals surface area contributed by atoms with Crippen LogP contribution in [0.1, 0.15) is 35.2 Å². The summed E-state index contributed by atoms with van der Waals surface area (Å²) < 4.78 is 1.28. The summed E-state index contributed by atoms with van der Waals surface area (Å²) in [6.07, 6.45) is 3.64. The Labute approximate surface area is 160 Å². The van der Waals surface area contributed by atoms with E-state index >= 15 is 0 Å². The van der Waals surface area contributed by atoms with E-state index in [4.69, 9.17) is 0 Å². The molecule has 0 saturated carbocycles. The molecule has 26 heavy (non-hydrogen) atoms. The van der Waals surface area contributed by atoms with E-state index in [0.29, 0.717) is 12.2 Å². The van der Waals surface area contributed by atoms with E-state index in [9.17, 15) is 14.9 Å². The van der Waals surface area contributed by atoms with Gasteiger partial charge in [0.25, 0.3) is 5.69 Å². The maximum absolute atomic E-state index is 12.4. The number of likely N-dealkylation sites (tertiary alicyclic amines) is 1. The van der Waals surface area contributed by atoms with Crippen LogP contribution in [0, 0.1) is 10.1 Å². The van der Waals surface area contributed by atoms with Crippen LogP contribution in [0.15, 0.2) is 39.9 Å². The molecule has 2 aliphatic heterocycles. The van der Waals surface area contributed by atoms with Gasteiger partial charge in [0.2, 0.25) is 0 Å². The Morgan fingerprint density at radius 2 is 1.88 bits per heavy atom. The third-order valence-electron chi connectivity index (χ3n) is 5.35. The molecule has 0 atom stereocenters. The highest BCUT2D eigenvalue weighted by Gasteiger charge is 2.42. The first kappa shape index (κ1) is 17.7. The molecular formula is C19H20N2O3S2. The molecule has 0 amide bonds. The summed E-state index contributed by atoms with van der Waals surface area (Å²) in [7, 11) is 0. The second-order valence-corrected chi connectivity index (χ2v) is 9.67. The first-order valence-corrected chi connectivity index (χ1v) is 10.5. The van der Waals surface area contributed by atoms with Gasteiger partial charge < -0.3 is 4.90 Å². The van der Waals surface area contributed by atoms with Gasteiger partial charge in [0.05, 0.1) is 9.13 Å². The van der Waals surface area contributed by atoms with Gasteiger partial charge >= 0.3 is 0 Å². The van der Waals surface area contributed by atoms with Gasteiger partial charge in [-0.2, -0.15) is 0 Å². The van der Waals surface area contributed by atoms with E-state index in [1.165, 1.54) is 4.21 Å². The number of thiophene rings is 1. The van der Waals surface area contributed by atoms with Crippen molar-refractivity contribution in [2.24, 2.45) is 0 Å². The summed E-state index contributed by atoms with van der Waals surface area (Å²) in [5.41, 5.74) is 2.19. The lowest BCUT2D eigenvalue weighted by atomic mass is 9.88. The molecule has 2 aromatic rings. The summed E-state index contributed by atoms with van der Waals surface area (Å²) in [5, 5.41) is 12.7. The summed E-state index contributed by atoms with van der Waals surface area (Å²) in [4.78, 5) is 25.2. The molecule has 1 fully saturated rings.